The van der Waals surface area contributed by atoms with E-state index in [1.54, 1.807) is 12.4 Å². The maximum atomic E-state index is 12.9. The summed E-state index contributed by atoms with van der Waals surface area (Å²) in [6.45, 7) is 8.07. The predicted octanol–water partition coefficient (Wildman–Crippen LogP) is 9.68. The number of benzene rings is 3. The Morgan fingerprint density at radius 1 is 0.936 bits per heavy atom. The number of allylic oxidation sites excluding steroid dienone is 2. The molecule has 0 spiro atoms. The van der Waals surface area contributed by atoms with E-state index in [4.69, 9.17) is 0 Å². The van der Waals surface area contributed by atoms with Crippen LogP contribution in [-0.4, -0.2) is 55.1 Å². The van der Waals surface area contributed by atoms with Crippen LogP contribution in [0.4, 0.5) is 8.78 Å². The molecular weight excluding hydrogens is 898 g/mol. The number of fused-ring (bicyclic) bond motifs is 4. The van der Waals surface area contributed by atoms with E-state index >= 15 is 0 Å². The van der Waals surface area contributed by atoms with Crippen LogP contribution in [0, 0.1) is 17.9 Å². The largest absolute Gasteiger partial charge is 0 e. The van der Waals surface area contributed by atoms with Crippen molar-refractivity contribution in [3.8, 4) is 11.3 Å². The average Bonchev–Trinajstić information content (AvgIpc) is 3.39. The van der Waals surface area contributed by atoms with Gasteiger partial charge >= 0.3 is 189 Å². The second-order valence-corrected chi connectivity index (χ2v) is 25.6. The number of nitrogens with zero attached hydrogens (tertiary/aromatic N) is 2. The fourth-order valence-electron chi connectivity index (χ4n) is 5.87. The minimum atomic E-state index is -2.33. The molecule has 4 nitrogen and oxygen atoms in total. The predicted molar refractivity (Wildman–Crippen MR) is 192 cm³/mol. The minimum Gasteiger partial charge on any atom is 0 e. The number of aliphatic hydroxyl groups is 1. The van der Waals surface area contributed by atoms with Crippen LogP contribution in [0.3, 0.4) is 0 Å². The first kappa shape index (κ1) is 39.2. The Kier molecular flexibility index (Phi) is 14.6. The smallest absolute Gasteiger partial charge is 0 e. The van der Waals surface area contributed by atoms with Crippen LogP contribution in [0.5, 0.6) is 0 Å². The van der Waals surface area contributed by atoms with E-state index in [-0.39, 0.29) is 64.4 Å². The van der Waals surface area contributed by atoms with Crippen LogP contribution >= 0.6 is 0 Å². The molecular formula is C38H45F2GeIrN2O2Se-. The molecule has 2 aromatic heterocycles. The molecule has 1 N–H and O–H groups in total. The van der Waals surface area contributed by atoms with Gasteiger partial charge in [-0.05, 0) is 25.7 Å². The van der Waals surface area contributed by atoms with E-state index in [1.165, 1.54) is 15.9 Å². The van der Waals surface area contributed by atoms with Gasteiger partial charge in [0.05, 0.1) is 5.76 Å². The molecule has 0 aliphatic heterocycles. The normalized spacial score (nSPS) is 12.2. The number of aromatic nitrogens is 2. The van der Waals surface area contributed by atoms with Gasteiger partial charge in [-0.25, -0.2) is 0 Å². The third-order valence-electron chi connectivity index (χ3n) is 8.63. The van der Waals surface area contributed by atoms with Crippen molar-refractivity contribution in [1.82, 2.24) is 9.97 Å². The molecule has 0 amide bonds. The standard InChI is InChI=1S/C25H21F2GeN2Se.C13H24O2.Ir/c1-28(2,3)20-13-17(12-16-6-4-5-7-18(16)20)23-25-24(30-14-29-23)19-9-8-15(11-22(26)27)10-21(19)31-25;1-5-10(6-2)12(14)9-13(15)11(7-3)8-4;/h4-10,13-14,22H,11H2,1-3H3;9-11,14H,5-8H2,1-4H3;/q-1;;/b;12-9-;. The molecule has 0 fully saturated rings. The fourth-order valence-corrected chi connectivity index (χ4v) is 11.8. The zero-order valence-electron chi connectivity index (χ0n) is 28.3. The summed E-state index contributed by atoms with van der Waals surface area (Å²) in [6.07, 6.45) is 3.98. The van der Waals surface area contributed by atoms with E-state index < -0.39 is 19.7 Å². The van der Waals surface area contributed by atoms with E-state index in [9.17, 15) is 18.7 Å². The molecule has 0 atom stereocenters. The van der Waals surface area contributed by atoms with Gasteiger partial charge in [0.2, 0.25) is 0 Å². The van der Waals surface area contributed by atoms with Crippen molar-refractivity contribution < 1.29 is 38.8 Å². The van der Waals surface area contributed by atoms with Gasteiger partial charge in [-0.1, -0.05) is 27.7 Å². The van der Waals surface area contributed by atoms with Crippen LogP contribution in [0.15, 0.2) is 66.7 Å². The van der Waals surface area contributed by atoms with Gasteiger partial charge in [-0.2, -0.15) is 0 Å². The van der Waals surface area contributed by atoms with Crippen LogP contribution < -0.4 is 4.40 Å². The van der Waals surface area contributed by atoms with E-state index in [0.29, 0.717) is 5.56 Å². The summed E-state index contributed by atoms with van der Waals surface area (Å²) in [5.41, 5.74) is 3.55. The zero-order valence-corrected chi connectivity index (χ0v) is 34.5. The van der Waals surface area contributed by atoms with Crippen molar-refractivity contribution in [2.24, 2.45) is 11.8 Å². The molecule has 0 unspecified atom stereocenters. The summed E-state index contributed by atoms with van der Waals surface area (Å²) in [5.74, 6) is 7.76. The molecule has 2 heterocycles. The number of hydrogen-bond acceptors (Lipinski definition) is 4. The second-order valence-electron chi connectivity index (χ2n) is 12.8. The van der Waals surface area contributed by atoms with Crippen LogP contribution in [0.25, 0.3) is 41.5 Å². The van der Waals surface area contributed by atoms with Crippen molar-refractivity contribution in [1.29, 1.82) is 0 Å². The van der Waals surface area contributed by atoms with Crippen molar-refractivity contribution in [3.63, 3.8) is 0 Å². The number of hydrogen-bond donors (Lipinski definition) is 1. The van der Waals surface area contributed by atoms with Crippen molar-refractivity contribution in [2.75, 3.05) is 0 Å². The van der Waals surface area contributed by atoms with Gasteiger partial charge in [0, 0.05) is 38.0 Å². The fraction of sp³-hybridized carbons (Fsp3) is 0.395. The van der Waals surface area contributed by atoms with Gasteiger partial charge in [0.1, 0.15) is 0 Å². The SMILES string of the molecule is CCC(CC)C(=O)/C=C(\O)C(CC)CC.[CH3][Ge]([CH3])([CH3])[c]1cc(-c2ncnc3c2[se]c2cc(CC(F)F)ccc23)[c-]c2ccccc12.[Ir]. The van der Waals surface area contributed by atoms with Gasteiger partial charge in [0.15, 0.2) is 5.78 Å². The van der Waals surface area contributed by atoms with Crippen molar-refractivity contribution in [3.05, 3.63) is 78.3 Å². The summed E-state index contributed by atoms with van der Waals surface area (Å²) in [5, 5.41) is 13.2. The number of halogens is 2. The summed E-state index contributed by atoms with van der Waals surface area (Å²) in [4.78, 5) is 21.0. The summed E-state index contributed by atoms with van der Waals surface area (Å²) >= 11 is -2.18. The molecule has 3 aromatic carbocycles. The molecule has 5 rings (SSSR count). The zero-order chi connectivity index (χ0) is 33.6. The molecule has 0 aliphatic rings. The summed E-state index contributed by atoms with van der Waals surface area (Å²) in [6, 6.07) is 20.0. The Labute approximate surface area is 299 Å². The number of ketones is 1. The van der Waals surface area contributed by atoms with Crippen LogP contribution in [0.2, 0.25) is 17.3 Å². The molecule has 253 valence electrons. The first-order chi connectivity index (χ1) is 21.9. The summed E-state index contributed by atoms with van der Waals surface area (Å²) < 4.78 is 29.4. The van der Waals surface area contributed by atoms with Gasteiger partial charge < -0.3 is 5.11 Å². The van der Waals surface area contributed by atoms with Crippen molar-refractivity contribution in [2.45, 2.75) is 83.5 Å². The van der Waals surface area contributed by atoms with E-state index in [0.717, 1.165) is 61.8 Å². The maximum absolute atomic E-state index is 12.9. The Bertz CT molecular complexity index is 1840. The second kappa shape index (κ2) is 17.4. The molecule has 0 saturated heterocycles. The first-order valence-electron chi connectivity index (χ1n) is 16.3. The Morgan fingerprint density at radius 2 is 1.60 bits per heavy atom. The molecule has 5 aromatic rings. The van der Waals surface area contributed by atoms with E-state index in [1.807, 2.05) is 39.8 Å². The first-order valence-corrected chi connectivity index (χ1v) is 25.3. The average molecular weight is 944 g/mol. The number of carbonyl (C=O) groups excluding carboxylic acids is 1. The van der Waals surface area contributed by atoms with E-state index in [2.05, 4.69) is 63.6 Å². The van der Waals surface area contributed by atoms with Crippen LogP contribution in [-0.2, 0) is 31.3 Å². The number of rotatable bonds is 11. The number of carbonyl (C=O) groups is 1. The molecule has 0 saturated carbocycles. The Morgan fingerprint density at radius 3 is 2.21 bits per heavy atom. The van der Waals surface area contributed by atoms with Crippen LogP contribution in [0.1, 0.15) is 58.9 Å². The maximum Gasteiger partial charge on any atom is 0 e. The van der Waals surface area contributed by atoms with Crippen molar-refractivity contribution >= 4 is 68.1 Å². The molecule has 9 heteroatoms. The molecule has 0 bridgehead atoms. The summed E-state index contributed by atoms with van der Waals surface area (Å²) in [7, 11) is 0. The Hall–Kier alpha value is -2.22. The Balaban J connectivity index is 0.000000322. The quantitative estimate of drug-likeness (QED) is 0.0621. The topological polar surface area (TPSA) is 63.1 Å². The minimum absolute atomic E-state index is 0. The molecule has 1 radical (unpaired) electrons. The van der Waals surface area contributed by atoms with Gasteiger partial charge in [-0.3, -0.25) is 4.79 Å². The van der Waals surface area contributed by atoms with Gasteiger partial charge in [0.25, 0.3) is 0 Å². The molecule has 47 heavy (non-hydrogen) atoms. The third kappa shape index (κ3) is 9.48. The number of aliphatic hydroxyl groups excluding tert-OH is 1. The third-order valence-corrected chi connectivity index (χ3v) is 15.3. The monoisotopic (exact) mass is 946 g/mol. The number of alkyl halides is 2. The molecule has 0 aliphatic carbocycles. The van der Waals surface area contributed by atoms with Gasteiger partial charge in [-0.15, -0.1) is 0 Å².